The number of Topliss-reactive ketones (excluding diaryl/α,β-unsaturated/α-hetero) is 1. The highest BCUT2D eigenvalue weighted by Crippen LogP contribution is 2.02. The van der Waals surface area contributed by atoms with Crippen LogP contribution < -0.4 is 0 Å². The number of carbonyl (C=O) groups excluding carboxylic acids is 1. The SMILES string of the molecule is CC(=O)c1ccn(CCS(C)(=O)=O)c1. The van der Waals surface area contributed by atoms with Crippen LogP contribution in [0.25, 0.3) is 0 Å². The molecular formula is C9H13NO3S. The lowest BCUT2D eigenvalue weighted by atomic mass is 10.2. The van der Waals surface area contributed by atoms with E-state index in [4.69, 9.17) is 0 Å². The largest absolute Gasteiger partial charge is 0.352 e. The van der Waals surface area contributed by atoms with E-state index in [9.17, 15) is 13.2 Å². The minimum Gasteiger partial charge on any atom is -0.352 e. The van der Waals surface area contributed by atoms with E-state index in [0.29, 0.717) is 12.1 Å². The number of rotatable bonds is 4. The van der Waals surface area contributed by atoms with Gasteiger partial charge in [-0.1, -0.05) is 0 Å². The summed E-state index contributed by atoms with van der Waals surface area (Å²) in [5.74, 6) is 0.0852. The molecule has 1 heterocycles. The number of carbonyl (C=O) groups is 1. The van der Waals surface area contributed by atoms with Crippen LogP contribution in [0.4, 0.5) is 0 Å². The summed E-state index contributed by atoms with van der Waals surface area (Å²) in [6.45, 7) is 1.88. The summed E-state index contributed by atoms with van der Waals surface area (Å²) in [6.07, 6.45) is 4.57. The van der Waals surface area contributed by atoms with Gasteiger partial charge in [0, 0.05) is 30.8 Å². The molecule has 14 heavy (non-hydrogen) atoms. The van der Waals surface area contributed by atoms with Gasteiger partial charge in [-0.15, -0.1) is 0 Å². The predicted molar refractivity (Wildman–Crippen MR) is 54.1 cm³/mol. The van der Waals surface area contributed by atoms with Crippen LogP contribution in [0.2, 0.25) is 0 Å². The van der Waals surface area contributed by atoms with Gasteiger partial charge in [0.25, 0.3) is 0 Å². The van der Waals surface area contributed by atoms with E-state index in [1.54, 1.807) is 23.0 Å². The molecule has 5 heteroatoms. The smallest absolute Gasteiger partial charge is 0.161 e. The molecule has 0 saturated heterocycles. The first kappa shape index (κ1) is 11.0. The number of nitrogens with zero attached hydrogens (tertiary/aromatic N) is 1. The van der Waals surface area contributed by atoms with Gasteiger partial charge in [0.1, 0.15) is 9.84 Å². The minimum atomic E-state index is -2.94. The molecule has 0 bridgehead atoms. The zero-order chi connectivity index (χ0) is 10.8. The minimum absolute atomic E-state index is 0.0110. The van der Waals surface area contributed by atoms with Gasteiger partial charge < -0.3 is 4.57 Å². The molecule has 0 aromatic carbocycles. The lowest BCUT2D eigenvalue weighted by Gasteiger charge is -2.00. The highest BCUT2D eigenvalue weighted by molar-refractivity contribution is 7.90. The van der Waals surface area contributed by atoms with Gasteiger partial charge >= 0.3 is 0 Å². The number of aromatic nitrogens is 1. The second kappa shape index (κ2) is 3.96. The highest BCUT2D eigenvalue weighted by Gasteiger charge is 2.04. The van der Waals surface area contributed by atoms with Crippen LogP contribution in [0.15, 0.2) is 18.5 Å². The first-order valence-electron chi connectivity index (χ1n) is 4.23. The molecule has 0 amide bonds. The molecule has 0 N–H and O–H groups in total. The number of hydrogen-bond donors (Lipinski definition) is 0. The fourth-order valence-corrected chi connectivity index (χ4v) is 1.60. The fraction of sp³-hybridized carbons (Fsp3) is 0.444. The van der Waals surface area contributed by atoms with Gasteiger partial charge in [-0.2, -0.15) is 0 Å². The second-order valence-electron chi connectivity index (χ2n) is 3.32. The molecule has 0 aliphatic rings. The van der Waals surface area contributed by atoms with Gasteiger partial charge in [0.05, 0.1) is 5.75 Å². The molecule has 0 aliphatic carbocycles. The standard InChI is InChI=1S/C9H13NO3S/c1-8(11)9-3-4-10(7-9)5-6-14(2,12)13/h3-4,7H,5-6H2,1-2H3. The second-order valence-corrected chi connectivity index (χ2v) is 5.58. The summed E-state index contributed by atoms with van der Waals surface area (Å²) in [6, 6.07) is 1.69. The Labute approximate surface area is 83.5 Å². The van der Waals surface area contributed by atoms with Gasteiger partial charge in [-0.25, -0.2) is 8.42 Å². The van der Waals surface area contributed by atoms with Gasteiger partial charge in [-0.05, 0) is 13.0 Å². The average molecular weight is 215 g/mol. The van der Waals surface area contributed by atoms with Crippen molar-refractivity contribution in [2.75, 3.05) is 12.0 Å². The van der Waals surface area contributed by atoms with Crippen molar-refractivity contribution in [1.82, 2.24) is 4.57 Å². The van der Waals surface area contributed by atoms with Gasteiger partial charge in [-0.3, -0.25) is 4.79 Å². The molecule has 0 saturated carbocycles. The molecule has 1 aromatic rings. The molecular weight excluding hydrogens is 202 g/mol. The lowest BCUT2D eigenvalue weighted by Crippen LogP contribution is -2.09. The van der Waals surface area contributed by atoms with Gasteiger partial charge in [0.15, 0.2) is 5.78 Å². The van der Waals surface area contributed by atoms with E-state index >= 15 is 0 Å². The molecule has 1 aromatic heterocycles. The van der Waals surface area contributed by atoms with Gasteiger partial charge in [0.2, 0.25) is 0 Å². The summed E-state index contributed by atoms with van der Waals surface area (Å²) in [5.41, 5.74) is 0.610. The first-order chi connectivity index (χ1) is 6.38. The molecule has 78 valence electrons. The normalized spacial score (nSPS) is 11.6. The van der Waals surface area contributed by atoms with Crippen LogP contribution in [-0.2, 0) is 16.4 Å². The van der Waals surface area contributed by atoms with Crippen LogP contribution in [-0.4, -0.2) is 30.8 Å². The topological polar surface area (TPSA) is 56.1 Å². The van der Waals surface area contributed by atoms with Crippen LogP contribution in [0.5, 0.6) is 0 Å². The van der Waals surface area contributed by atoms with E-state index in [-0.39, 0.29) is 11.5 Å². The highest BCUT2D eigenvalue weighted by atomic mass is 32.2. The molecule has 4 nitrogen and oxygen atoms in total. The van der Waals surface area contributed by atoms with E-state index in [2.05, 4.69) is 0 Å². The molecule has 0 spiro atoms. The Morgan fingerprint density at radius 3 is 2.57 bits per heavy atom. The Morgan fingerprint density at radius 1 is 1.50 bits per heavy atom. The number of ketones is 1. The van der Waals surface area contributed by atoms with Crippen LogP contribution in [0.3, 0.4) is 0 Å². The molecule has 0 radical (unpaired) electrons. The molecule has 0 unspecified atom stereocenters. The number of hydrogen-bond acceptors (Lipinski definition) is 3. The zero-order valence-electron chi connectivity index (χ0n) is 8.23. The first-order valence-corrected chi connectivity index (χ1v) is 6.29. The van der Waals surface area contributed by atoms with E-state index < -0.39 is 9.84 Å². The maximum absolute atomic E-state index is 10.9. The van der Waals surface area contributed by atoms with E-state index in [1.165, 1.54) is 13.2 Å². The van der Waals surface area contributed by atoms with Crippen molar-refractivity contribution in [2.45, 2.75) is 13.5 Å². The fourth-order valence-electron chi connectivity index (χ4n) is 1.06. The third-order valence-corrected chi connectivity index (χ3v) is 2.80. The Bertz CT molecular complexity index is 431. The Hall–Kier alpha value is -1.10. The number of aryl methyl sites for hydroxylation is 1. The quantitative estimate of drug-likeness (QED) is 0.696. The molecule has 1 rings (SSSR count). The third kappa shape index (κ3) is 3.33. The summed E-state index contributed by atoms with van der Waals surface area (Å²) in [4.78, 5) is 10.9. The van der Waals surface area contributed by atoms with Crippen LogP contribution in [0.1, 0.15) is 17.3 Å². The summed E-state index contributed by atoms with van der Waals surface area (Å²) >= 11 is 0. The molecule has 0 fully saturated rings. The maximum atomic E-state index is 10.9. The van der Waals surface area contributed by atoms with Crippen molar-refractivity contribution in [2.24, 2.45) is 0 Å². The third-order valence-electron chi connectivity index (χ3n) is 1.88. The van der Waals surface area contributed by atoms with Crippen molar-refractivity contribution in [3.8, 4) is 0 Å². The maximum Gasteiger partial charge on any atom is 0.161 e. The average Bonchev–Trinajstić information content (AvgIpc) is 2.47. The van der Waals surface area contributed by atoms with E-state index in [0.717, 1.165) is 0 Å². The van der Waals surface area contributed by atoms with Crippen molar-refractivity contribution < 1.29 is 13.2 Å². The summed E-state index contributed by atoms with van der Waals surface area (Å²) in [7, 11) is -2.94. The van der Waals surface area contributed by atoms with Crippen molar-refractivity contribution in [3.63, 3.8) is 0 Å². The Morgan fingerprint density at radius 2 is 2.14 bits per heavy atom. The summed E-state index contributed by atoms with van der Waals surface area (Å²) < 4.78 is 23.4. The number of sulfone groups is 1. The lowest BCUT2D eigenvalue weighted by molar-refractivity contribution is 0.101. The summed E-state index contributed by atoms with van der Waals surface area (Å²) in [5, 5.41) is 0. The molecule has 0 atom stereocenters. The predicted octanol–water partition coefficient (Wildman–Crippen LogP) is 0.735. The van der Waals surface area contributed by atoms with Crippen molar-refractivity contribution in [1.29, 1.82) is 0 Å². The van der Waals surface area contributed by atoms with Crippen LogP contribution >= 0.6 is 0 Å². The van der Waals surface area contributed by atoms with Crippen LogP contribution in [0, 0.1) is 0 Å². The van der Waals surface area contributed by atoms with Crippen molar-refractivity contribution in [3.05, 3.63) is 24.0 Å². The van der Waals surface area contributed by atoms with Crippen molar-refractivity contribution >= 4 is 15.6 Å². The zero-order valence-corrected chi connectivity index (χ0v) is 9.04. The monoisotopic (exact) mass is 215 g/mol. The molecule has 0 aliphatic heterocycles. The Kier molecular flexibility index (Phi) is 3.10. The Balaban J connectivity index is 2.65. The van der Waals surface area contributed by atoms with E-state index in [1.807, 2.05) is 0 Å².